The molecule has 0 saturated heterocycles. The van der Waals surface area contributed by atoms with Crippen LogP contribution in [0.5, 0.6) is 0 Å². The third kappa shape index (κ3) is 7.53. The Labute approximate surface area is 397 Å². The minimum atomic E-state index is -1.62. The van der Waals surface area contributed by atoms with Crippen molar-refractivity contribution in [2.45, 2.75) is 135 Å². The first kappa shape index (κ1) is 47.5. The number of fused-ring (bicyclic) bond motifs is 6. The van der Waals surface area contributed by atoms with Crippen molar-refractivity contribution < 1.29 is 28.6 Å². The second-order valence-corrected chi connectivity index (χ2v) is 22.4. The summed E-state index contributed by atoms with van der Waals surface area (Å²) in [7, 11) is 0. The van der Waals surface area contributed by atoms with Crippen molar-refractivity contribution in [3.8, 4) is 22.3 Å². The van der Waals surface area contributed by atoms with Crippen LogP contribution in [0, 0.1) is 34.5 Å². The number of aromatic nitrogens is 4. The molecule has 4 aromatic rings. The van der Waals surface area contributed by atoms with E-state index in [0.29, 0.717) is 44.4 Å². The van der Waals surface area contributed by atoms with Crippen LogP contribution in [0.15, 0.2) is 83.8 Å². The van der Waals surface area contributed by atoms with Gasteiger partial charge in [-0.05, 0) is 142 Å². The monoisotopic (exact) mass is 930 g/mol. The molecule has 2 aromatic heterocycles. The topological polar surface area (TPSA) is 183 Å². The van der Waals surface area contributed by atoms with E-state index in [-0.39, 0.29) is 54.5 Å². The Morgan fingerprint density at radius 2 is 0.985 bits per heavy atom. The van der Waals surface area contributed by atoms with Crippen LogP contribution in [0.25, 0.3) is 22.3 Å². The second kappa shape index (κ2) is 16.6. The largest absolute Gasteiger partial charge is 0.393 e. The highest BCUT2D eigenvalue weighted by molar-refractivity contribution is 6.10. The molecule has 4 unspecified atom stereocenters. The van der Waals surface area contributed by atoms with Crippen molar-refractivity contribution in [3.05, 3.63) is 96.1 Å². The van der Waals surface area contributed by atoms with Crippen LogP contribution >= 0.6 is 0 Å². The van der Waals surface area contributed by atoms with Gasteiger partial charge >= 0.3 is 0 Å². The van der Waals surface area contributed by atoms with Gasteiger partial charge in [0.2, 0.25) is 0 Å². The van der Waals surface area contributed by atoms with Crippen LogP contribution in [-0.2, 0) is 33.5 Å². The maximum absolute atomic E-state index is 14.8. The molecule has 2 fully saturated rings. The number of carbonyl (C=O) groups excluding carboxylic acids is 2. The number of aliphatic hydroxyl groups is 2. The van der Waals surface area contributed by atoms with Crippen LogP contribution in [0.1, 0.15) is 110 Å². The smallest absolute Gasteiger partial charge is 0.262 e. The van der Waals surface area contributed by atoms with Gasteiger partial charge < -0.3 is 15.9 Å². The lowest BCUT2D eigenvalue weighted by Gasteiger charge is -2.49. The Morgan fingerprint density at radius 3 is 1.38 bits per heavy atom. The highest BCUT2D eigenvalue weighted by atomic mass is 19.1. The lowest BCUT2D eigenvalue weighted by atomic mass is 9.56. The van der Waals surface area contributed by atoms with Gasteiger partial charge in [0, 0.05) is 46.7 Å². The lowest BCUT2D eigenvalue weighted by Crippen LogP contribution is -2.56. The fourth-order valence-corrected chi connectivity index (χ4v) is 13.5. The Kier molecular flexibility index (Phi) is 11.6. The normalized spacial score (nSPS) is 33.0. The number of rotatable bonds is 6. The first-order valence-electron chi connectivity index (χ1n) is 24.0. The number of aliphatic imine (C=N–C) groups is 2. The molecule has 360 valence electrons. The number of carbonyl (C=O) groups is 2. The van der Waals surface area contributed by atoms with Gasteiger partial charge in [0.1, 0.15) is 29.8 Å². The van der Waals surface area contributed by atoms with E-state index in [4.69, 9.17) is 15.7 Å². The van der Waals surface area contributed by atoms with Crippen molar-refractivity contribution in [2.24, 2.45) is 50.2 Å². The number of aliphatic hydroxyl groups excluding tert-OH is 2. The summed E-state index contributed by atoms with van der Waals surface area (Å²) in [5.74, 6) is 0.253. The van der Waals surface area contributed by atoms with Crippen molar-refractivity contribution in [2.75, 3.05) is 13.1 Å². The molecule has 13 nitrogen and oxygen atoms in total. The first-order valence-corrected chi connectivity index (χ1v) is 24.0. The molecule has 10 atom stereocenters. The molecule has 4 spiro atoms. The number of amides is 2. The average molecular weight is 930 g/mol. The van der Waals surface area contributed by atoms with Crippen LogP contribution in [0.4, 0.5) is 8.78 Å². The number of hydrogen-bond donors (Lipinski definition) is 3. The molecular formula is C53H65F2N9O4. The number of guanidine groups is 1. The van der Waals surface area contributed by atoms with Gasteiger partial charge in [-0.2, -0.15) is 0 Å². The van der Waals surface area contributed by atoms with Crippen LogP contribution < -0.4 is 5.73 Å². The number of halogens is 2. The van der Waals surface area contributed by atoms with Crippen molar-refractivity contribution in [1.29, 1.82) is 0 Å². The zero-order chi connectivity index (χ0) is 48.9. The van der Waals surface area contributed by atoms with Gasteiger partial charge in [-0.3, -0.25) is 24.4 Å². The van der Waals surface area contributed by atoms with E-state index < -0.39 is 45.5 Å². The summed E-state index contributed by atoms with van der Waals surface area (Å²) < 4.78 is 29.5. The van der Waals surface area contributed by atoms with E-state index in [1.165, 1.54) is 50.1 Å². The Bertz CT molecular complexity index is 2480. The summed E-state index contributed by atoms with van der Waals surface area (Å²) in [4.78, 5) is 58.1. The molecule has 2 aliphatic heterocycles. The Hall–Kier alpha value is -5.54. The molecule has 4 aliphatic carbocycles. The van der Waals surface area contributed by atoms with Gasteiger partial charge in [0.05, 0.1) is 25.3 Å². The van der Waals surface area contributed by atoms with Crippen molar-refractivity contribution >= 4 is 23.6 Å². The SMILES string of the molecule is CC1=N[C@@]2(C(=O)N1CC(C)(C)F)c1cc(-c3cncnc3)ccc1CC21C[C@@H](C)C(O)[C@@H](C)C1.C[C@@H]1CC2(Cc3ccc(-c4cncnc4)cc3[C@]23N=C(N)N(CC(C)(C)F)C3=O)C[C@H](C)C1O. The zero-order valence-electron chi connectivity index (χ0n) is 40.7. The standard InChI is InChI=1S/C27H33FN4O2.C26H32FN5O2/c1-16-9-26(10-17(2)23(16)33)11-20-7-6-19(21-12-29-15-30-13-21)8-22(20)27(26)24(34)32(18(3)31-27)14-25(4,5)28;1-15-8-25(9-16(2)21(15)33)10-18-6-5-17(19-11-29-14-30-12-19)7-20(18)26(25)22(34)32(23(28)31-26)13-24(3,4)27/h6-8,12-13,15-17,23,33H,9-11,14H2,1-5H3;5-7,11-12,14-16,21,33H,8-10,13H2,1-4H3,(H2,28,31)/t16-,17+,23?,26?,27-;15-,16+,21?,25?,26-/m11/s1. The molecule has 10 rings (SSSR count). The molecule has 2 aromatic carbocycles. The minimum absolute atomic E-state index is 0.00665. The number of benzene rings is 2. The molecule has 68 heavy (non-hydrogen) atoms. The summed E-state index contributed by atoms with van der Waals surface area (Å²) in [6.07, 6.45) is 13.1. The Balaban J connectivity index is 0.000000170. The molecule has 4 N–H and O–H groups in total. The molecule has 15 heteroatoms. The van der Waals surface area contributed by atoms with Crippen molar-refractivity contribution in [1.82, 2.24) is 29.7 Å². The number of hydrogen-bond acceptors (Lipinski definition) is 11. The molecule has 0 radical (unpaired) electrons. The predicted octanol–water partition coefficient (Wildman–Crippen LogP) is 7.53. The molecule has 2 amide bonds. The van der Waals surface area contributed by atoms with E-state index in [0.717, 1.165) is 44.5 Å². The lowest BCUT2D eigenvalue weighted by molar-refractivity contribution is -0.142. The van der Waals surface area contributed by atoms with Gasteiger partial charge in [-0.25, -0.2) is 33.7 Å². The molecule has 6 aliphatic rings. The van der Waals surface area contributed by atoms with E-state index in [1.54, 1.807) is 24.8 Å². The third-order valence-corrected chi connectivity index (χ3v) is 16.0. The summed E-state index contributed by atoms with van der Waals surface area (Å²) in [6, 6.07) is 12.3. The van der Waals surface area contributed by atoms with Gasteiger partial charge in [0.15, 0.2) is 17.0 Å². The number of nitrogens with two attached hydrogens (primary N) is 1. The molecular weight excluding hydrogens is 865 g/mol. The van der Waals surface area contributed by atoms with E-state index >= 15 is 0 Å². The average Bonchev–Trinajstić information content (AvgIpc) is 3.88. The van der Waals surface area contributed by atoms with Crippen LogP contribution in [0.3, 0.4) is 0 Å². The number of alkyl halides is 2. The van der Waals surface area contributed by atoms with Crippen molar-refractivity contribution in [3.63, 3.8) is 0 Å². The fraction of sp³-hybridized carbons (Fsp3) is 0.547. The first-order chi connectivity index (χ1) is 31.9. The van der Waals surface area contributed by atoms with Crippen LogP contribution in [-0.4, -0.2) is 100 Å². The number of amidine groups is 1. The second-order valence-electron chi connectivity index (χ2n) is 22.4. The number of nitrogens with zero attached hydrogens (tertiary/aromatic N) is 8. The fourth-order valence-electron chi connectivity index (χ4n) is 13.5. The van der Waals surface area contributed by atoms with Crippen LogP contribution in [0.2, 0.25) is 0 Å². The maximum atomic E-state index is 14.8. The summed E-state index contributed by atoms with van der Waals surface area (Å²) in [6.45, 7) is 15.6. The predicted molar refractivity (Wildman–Crippen MR) is 256 cm³/mol. The summed E-state index contributed by atoms with van der Waals surface area (Å²) in [5, 5.41) is 21.5. The minimum Gasteiger partial charge on any atom is -0.393 e. The molecule has 4 heterocycles. The highest BCUT2D eigenvalue weighted by Crippen LogP contribution is 2.65. The van der Waals surface area contributed by atoms with E-state index in [2.05, 4.69) is 52.0 Å². The summed E-state index contributed by atoms with van der Waals surface area (Å²) >= 11 is 0. The summed E-state index contributed by atoms with van der Waals surface area (Å²) in [5.41, 5.74) is 7.19. The van der Waals surface area contributed by atoms with Gasteiger partial charge in [0.25, 0.3) is 11.8 Å². The molecule has 0 bridgehead atoms. The Morgan fingerprint density at radius 1 is 0.618 bits per heavy atom. The van der Waals surface area contributed by atoms with Gasteiger partial charge in [-0.1, -0.05) is 52.0 Å². The maximum Gasteiger partial charge on any atom is 0.262 e. The molecule has 2 saturated carbocycles. The highest BCUT2D eigenvalue weighted by Gasteiger charge is 2.70. The van der Waals surface area contributed by atoms with Gasteiger partial charge in [-0.15, -0.1) is 0 Å². The van der Waals surface area contributed by atoms with E-state index in [1.807, 2.05) is 39.0 Å². The third-order valence-electron chi connectivity index (χ3n) is 16.0. The quantitative estimate of drug-likeness (QED) is 0.176. The van der Waals surface area contributed by atoms with E-state index in [9.17, 15) is 28.6 Å². The zero-order valence-corrected chi connectivity index (χ0v) is 40.7.